The summed E-state index contributed by atoms with van der Waals surface area (Å²) in [7, 11) is 0. The van der Waals surface area contributed by atoms with Gasteiger partial charge in [0.25, 0.3) is 5.91 Å². The first-order chi connectivity index (χ1) is 14.5. The molecule has 0 spiro atoms. The predicted molar refractivity (Wildman–Crippen MR) is 108 cm³/mol. The van der Waals surface area contributed by atoms with Crippen molar-refractivity contribution in [2.75, 3.05) is 5.32 Å². The molecule has 30 heavy (non-hydrogen) atoms. The van der Waals surface area contributed by atoms with Crippen molar-refractivity contribution < 1.29 is 14.3 Å². The third kappa shape index (κ3) is 4.13. The minimum atomic E-state index is -1.06. The van der Waals surface area contributed by atoms with E-state index in [0.717, 1.165) is 5.56 Å². The molecule has 0 unspecified atom stereocenters. The summed E-state index contributed by atoms with van der Waals surface area (Å²) in [4.78, 5) is 39.6. The lowest BCUT2D eigenvalue weighted by atomic mass is 10.2. The Bertz CT molecular complexity index is 1220. The molecular formula is C19H16ClN7O3. The molecule has 1 aromatic carbocycles. The number of halogens is 1. The zero-order valence-electron chi connectivity index (χ0n) is 15.7. The Morgan fingerprint density at radius 3 is 2.93 bits per heavy atom. The van der Waals surface area contributed by atoms with E-state index in [1.165, 1.54) is 32.0 Å². The van der Waals surface area contributed by atoms with Crippen LogP contribution in [0.4, 0.5) is 5.82 Å². The van der Waals surface area contributed by atoms with Crippen LogP contribution in [0.1, 0.15) is 22.8 Å². The second kappa shape index (κ2) is 8.29. The van der Waals surface area contributed by atoms with E-state index in [9.17, 15) is 9.59 Å². The third-order valence-electron chi connectivity index (χ3n) is 4.28. The molecule has 1 amide bonds. The summed E-state index contributed by atoms with van der Waals surface area (Å²) in [6, 6.07) is 7.36. The number of imidazole rings is 1. The van der Waals surface area contributed by atoms with E-state index in [2.05, 4.69) is 30.4 Å². The number of amides is 1. The fourth-order valence-corrected chi connectivity index (χ4v) is 2.91. The fourth-order valence-electron chi connectivity index (χ4n) is 2.72. The SMILES string of the molecule is C[C@@H](OC(=O)c1cnn(Cc2ccccc2Cl)c1)C(=O)Nc1ncnc2nc[nH]c12. The number of ether oxygens (including phenoxy) is 1. The number of fused-ring (bicyclic) bond motifs is 1. The topological polar surface area (TPSA) is 128 Å². The number of aromatic nitrogens is 6. The maximum absolute atomic E-state index is 12.4. The van der Waals surface area contributed by atoms with Crippen LogP contribution in [0.5, 0.6) is 0 Å². The van der Waals surface area contributed by atoms with Gasteiger partial charge in [0.15, 0.2) is 17.6 Å². The molecule has 11 heteroatoms. The first kappa shape index (κ1) is 19.5. The van der Waals surface area contributed by atoms with Crippen molar-refractivity contribution in [2.45, 2.75) is 19.6 Å². The number of esters is 1. The molecule has 2 N–H and O–H groups in total. The molecule has 152 valence electrons. The molecule has 0 saturated heterocycles. The van der Waals surface area contributed by atoms with Gasteiger partial charge in [-0.15, -0.1) is 0 Å². The Kier molecular flexibility index (Phi) is 5.40. The fraction of sp³-hybridized carbons (Fsp3) is 0.158. The monoisotopic (exact) mass is 425 g/mol. The van der Waals surface area contributed by atoms with Crippen molar-refractivity contribution in [2.24, 2.45) is 0 Å². The number of anilines is 1. The second-order valence-electron chi connectivity index (χ2n) is 6.38. The third-order valence-corrected chi connectivity index (χ3v) is 4.65. The molecule has 0 fully saturated rings. The maximum atomic E-state index is 12.4. The van der Waals surface area contributed by atoms with Gasteiger partial charge in [-0.2, -0.15) is 5.10 Å². The highest BCUT2D eigenvalue weighted by molar-refractivity contribution is 6.31. The first-order valence-corrected chi connectivity index (χ1v) is 9.31. The molecule has 10 nitrogen and oxygen atoms in total. The van der Waals surface area contributed by atoms with Gasteiger partial charge >= 0.3 is 5.97 Å². The van der Waals surface area contributed by atoms with E-state index in [1.807, 2.05) is 18.2 Å². The Morgan fingerprint density at radius 1 is 1.27 bits per heavy atom. The number of hydrogen-bond acceptors (Lipinski definition) is 7. The van der Waals surface area contributed by atoms with E-state index in [4.69, 9.17) is 16.3 Å². The quantitative estimate of drug-likeness (QED) is 0.454. The Balaban J connectivity index is 1.39. The van der Waals surface area contributed by atoms with Crippen LogP contribution in [0, 0.1) is 0 Å². The van der Waals surface area contributed by atoms with Crippen molar-refractivity contribution in [3.8, 4) is 0 Å². The average molecular weight is 426 g/mol. The van der Waals surface area contributed by atoms with E-state index in [-0.39, 0.29) is 11.4 Å². The summed E-state index contributed by atoms with van der Waals surface area (Å²) in [6.45, 7) is 1.86. The van der Waals surface area contributed by atoms with Crippen LogP contribution in [0.15, 0.2) is 49.3 Å². The summed E-state index contributed by atoms with van der Waals surface area (Å²) < 4.78 is 6.82. The van der Waals surface area contributed by atoms with Crippen LogP contribution < -0.4 is 5.32 Å². The molecule has 4 aromatic rings. The summed E-state index contributed by atoms with van der Waals surface area (Å²) in [5.41, 5.74) is 1.98. The van der Waals surface area contributed by atoms with E-state index in [0.29, 0.717) is 22.7 Å². The van der Waals surface area contributed by atoms with Crippen molar-refractivity contribution in [1.29, 1.82) is 0 Å². The molecule has 0 aliphatic heterocycles. The standard InChI is InChI=1S/C19H16ClN7O3/c1-11(18(28)26-17-15-16(22-9-21-15)23-10-24-17)30-19(29)13-6-25-27(8-13)7-12-4-2-3-5-14(12)20/h2-6,8-11H,7H2,1H3,(H2,21,22,23,24,26,28)/t11-/m1/s1. The van der Waals surface area contributed by atoms with Gasteiger partial charge in [0.05, 0.1) is 24.6 Å². The number of carbonyl (C=O) groups excluding carboxylic acids is 2. The van der Waals surface area contributed by atoms with Crippen LogP contribution in [0.25, 0.3) is 11.2 Å². The number of rotatable bonds is 6. The highest BCUT2D eigenvalue weighted by Crippen LogP contribution is 2.17. The summed E-state index contributed by atoms with van der Waals surface area (Å²) >= 11 is 6.15. The minimum absolute atomic E-state index is 0.222. The zero-order valence-corrected chi connectivity index (χ0v) is 16.5. The molecule has 4 rings (SSSR count). The van der Waals surface area contributed by atoms with Gasteiger partial charge in [0, 0.05) is 11.2 Å². The molecule has 0 radical (unpaired) electrons. The first-order valence-electron chi connectivity index (χ1n) is 8.93. The number of H-pyrrole nitrogens is 1. The van der Waals surface area contributed by atoms with Crippen molar-refractivity contribution >= 4 is 40.5 Å². The minimum Gasteiger partial charge on any atom is -0.449 e. The van der Waals surface area contributed by atoms with Gasteiger partial charge in [-0.25, -0.2) is 19.7 Å². The van der Waals surface area contributed by atoms with Crippen LogP contribution in [-0.4, -0.2) is 47.7 Å². The van der Waals surface area contributed by atoms with Crippen LogP contribution in [0.2, 0.25) is 5.02 Å². The molecule has 0 aliphatic rings. The Morgan fingerprint density at radius 2 is 2.10 bits per heavy atom. The molecular weight excluding hydrogens is 410 g/mol. The zero-order chi connectivity index (χ0) is 21.1. The number of benzene rings is 1. The number of aromatic amines is 1. The Hall–Kier alpha value is -3.79. The lowest BCUT2D eigenvalue weighted by Crippen LogP contribution is -2.30. The second-order valence-corrected chi connectivity index (χ2v) is 6.79. The lowest BCUT2D eigenvalue weighted by Gasteiger charge is -2.12. The highest BCUT2D eigenvalue weighted by Gasteiger charge is 2.21. The lowest BCUT2D eigenvalue weighted by molar-refractivity contribution is -0.123. The number of hydrogen-bond donors (Lipinski definition) is 2. The van der Waals surface area contributed by atoms with E-state index >= 15 is 0 Å². The van der Waals surface area contributed by atoms with Gasteiger partial charge < -0.3 is 15.0 Å². The van der Waals surface area contributed by atoms with Crippen LogP contribution >= 0.6 is 11.6 Å². The number of nitrogens with zero attached hydrogens (tertiary/aromatic N) is 5. The van der Waals surface area contributed by atoms with Gasteiger partial charge in [0.2, 0.25) is 0 Å². The molecule has 0 aliphatic carbocycles. The molecule has 1 atom stereocenters. The molecule has 0 saturated carbocycles. The van der Waals surface area contributed by atoms with Crippen molar-refractivity contribution in [3.63, 3.8) is 0 Å². The predicted octanol–water partition coefficient (Wildman–Crippen LogP) is 2.44. The van der Waals surface area contributed by atoms with Gasteiger partial charge in [-0.3, -0.25) is 9.48 Å². The molecule has 0 bridgehead atoms. The smallest absolute Gasteiger partial charge is 0.342 e. The van der Waals surface area contributed by atoms with Crippen LogP contribution in [0.3, 0.4) is 0 Å². The normalized spacial score (nSPS) is 11.9. The Labute approximate surface area is 175 Å². The van der Waals surface area contributed by atoms with Crippen molar-refractivity contribution in [3.05, 3.63) is 65.5 Å². The van der Waals surface area contributed by atoms with Gasteiger partial charge in [-0.05, 0) is 18.6 Å². The van der Waals surface area contributed by atoms with Gasteiger partial charge in [-0.1, -0.05) is 29.8 Å². The van der Waals surface area contributed by atoms with Crippen molar-refractivity contribution in [1.82, 2.24) is 29.7 Å². The highest BCUT2D eigenvalue weighted by atomic mass is 35.5. The number of carbonyl (C=O) groups is 2. The van der Waals surface area contributed by atoms with Gasteiger partial charge in [0.1, 0.15) is 11.8 Å². The average Bonchev–Trinajstić information content (AvgIpc) is 3.39. The summed E-state index contributed by atoms with van der Waals surface area (Å²) in [6.07, 6.45) is 4.58. The summed E-state index contributed by atoms with van der Waals surface area (Å²) in [5.74, 6) is -0.961. The van der Waals surface area contributed by atoms with Crippen LogP contribution in [-0.2, 0) is 16.1 Å². The molecule has 3 heterocycles. The largest absolute Gasteiger partial charge is 0.449 e. The van der Waals surface area contributed by atoms with E-state index in [1.54, 1.807) is 10.7 Å². The summed E-state index contributed by atoms with van der Waals surface area (Å²) in [5, 5.41) is 7.36. The maximum Gasteiger partial charge on any atom is 0.342 e. The number of nitrogens with one attached hydrogen (secondary N) is 2. The van der Waals surface area contributed by atoms with E-state index < -0.39 is 18.0 Å². The molecule has 3 aromatic heterocycles.